The molecule has 9 nitrogen and oxygen atoms in total. The van der Waals surface area contributed by atoms with Gasteiger partial charge < -0.3 is 33.4 Å². The van der Waals surface area contributed by atoms with Gasteiger partial charge in [0.2, 0.25) is 5.75 Å². The van der Waals surface area contributed by atoms with Crippen LogP contribution in [-0.2, 0) is 4.79 Å². The first-order valence-electron chi connectivity index (χ1n) is 10.9. The van der Waals surface area contributed by atoms with E-state index >= 15 is 0 Å². The predicted octanol–water partition coefficient (Wildman–Crippen LogP) is 4.51. The zero-order chi connectivity index (χ0) is 25.7. The van der Waals surface area contributed by atoms with Crippen molar-refractivity contribution >= 4 is 22.6 Å². The van der Waals surface area contributed by atoms with Crippen molar-refractivity contribution in [1.82, 2.24) is 0 Å². The van der Waals surface area contributed by atoms with Crippen LogP contribution in [-0.4, -0.2) is 41.0 Å². The standard InChI is InChI=1S/C27H25NO8/c1-31-18-7-5-16(6-8-18)21-14-36-22-13-19(9-10-20(22)26(21)30)35-15-25(29)28-17-11-23(32-2)27(34-4)24(12-17)33-3/h5-14H,15H2,1-4H3,(H,28,29). The van der Waals surface area contributed by atoms with E-state index in [2.05, 4.69) is 5.32 Å². The second kappa shape index (κ2) is 10.7. The summed E-state index contributed by atoms with van der Waals surface area (Å²) in [4.78, 5) is 25.5. The molecule has 0 aliphatic heterocycles. The van der Waals surface area contributed by atoms with Crippen LogP contribution >= 0.6 is 0 Å². The summed E-state index contributed by atoms with van der Waals surface area (Å²) >= 11 is 0. The highest BCUT2D eigenvalue weighted by molar-refractivity contribution is 5.92. The van der Waals surface area contributed by atoms with Gasteiger partial charge in [0.25, 0.3) is 5.91 Å². The van der Waals surface area contributed by atoms with E-state index in [9.17, 15) is 9.59 Å². The largest absolute Gasteiger partial charge is 0.497 e. The molecule has 0 saturated carbocycles. The molecule has 1 N–H and O–H groups in total. The van der Waals surface area contributed by atoms with Gasteiger partial charge in [0, 0.05) is 23.9 Å². The fourth-order valence-corrected chi connectivity index (χ4v) is 3.67. The molecule has 0 aliphatic carbocycles. The monoisotopic (exact) mass is 491 g/mol. The van der Waals surface area contributed by atoms with Crippen LogP contribution in [0.4, 0.5) is 5.69 Å². The molecule has 4 rings (SSSR count). The van der Waals surface area contributed by atoms with Crippen molar-refractivity contribution in [2.45, 2.75) is 0 Å². The Balaban J connectivity index is 1.47. The van der Waals surface area contributed by atoms with Crippen molar-refractivity contribution in [3.8, 4) is 39.9 Å². The first-order valence-corrected chi connectivity index (χ1v) is 10.9. The van der Waals surface area contributed by atoms with Crippen molar-refractivity contribution in [2.75, 3.05) is 40.4 Å². The van der Waals surface area contributed by atoms with E-state index in [-0.39, 0.29) is 12.0 Å². The van der Waals surface area contributed by atoms with Gasteiger partial charge in [-0.25, -0.2) is 0 Å². The molecule has 0 fully saturated rings. The highest BCUT2D eigenvalue weighted by Gasteiger charge is 2.15. The molecule has 0 radical (unpaired) electrons. The highest BCUT2D eigenvalue weighted by atomic mass is 16.5. The molecular formula is C27H25NO8. The second-order valence-electron chi connectivity index (χ2n) is 7.62. The average molecular weight is 491 g/mol. The van der Waals surface area contributed by atoms with Gasteiger partial charge in [-0.15, -0.1) is 0 Å². The van der Waals surface area contributed by atoms with Crippen LogP contribution in [0.15, 0.2) is 70.1 Å². The number of carbonyl (C=O) groups excluding carboxylic acids is 1. The maximum Gasteiger partial charge on any atom is 0.262 e. The molecule has 1 amide bonds. The van der Waals surface area contributed by atoms with E-state index in [1.54, 1.807) is 61.7 Å². The van der Waals surface area contributed by atoms with Gasteiger partial charge in [-0.2, -0.15) is 0 Å². The minimum absolute atomic E-state index is 0.173. The van der Waals surface area contributed by atoms with E-state index < -0.39 is 5.91 Å². The van der Waals surface area contributed by atoms with Crippen molar-refractivity contribution in [3.63, 3.8) is 0 Å². The van der Waals surface area contributed by atoms with Crippen LogP contribution in [0.25, 0.3) is 22.1 Å². The number of carbonyl (C=O) groups is 1. The van der Waals surface area contributed by atoms with E-state index in [1.165, 1.54) is 27.6 Å². The lowest BCUT2D eigenvalue weighted by atomic mass is 10.1. The molecule has 9 heteroatoms. The molecule has 1 heterocycles. The molecule has 0 atom stereocenters. The van der Waals surface area contributed by atoms with Crippen molar-refractivity contribution in [2.24, 2.45) is 0 Å². The third-order valence-electron chi connectivity index (χ3n) is 5.47. The number of methoxy groups -OCH3 is 4. The normalized spacial score (nSPS) is 10.6. The SMILES string of the molecule is COc1ccc(-c2coc3cc(OCC(=O)Nc4cc(OC)c(OC)c(OC)c4)ccc3c2=O)cc1. The predicted molar refractivity (Wildman–Crippen MR) is 135 cm³/mol. The molecule has 0 unspecified atom stereocenters. The van der Waals surface area contributed by atoms with Gasteiger partial charge in [0.15, 0.2) is 23.5 Å². The summed E-state index contributed by atoms with van der Waals surface area (Å²) in [5, 5.41) is 3.13. The minimum Gasteiger partial charge on any atom is -0.497 e. The Bertz CT molecular complexity index is 1420. The number of hydrogen-bond donors (Lipinski definition) is 1. The van der Waals surface area contributed by atoms with Crippen molar-refractivity contribution in [1.29, 1.82) is 0 Å². The number of anilines is 1. The Morgan fingerprint density at radius 3 is 2.11 bits per heavy atom. The summed E-state index contributed by atoms with van der Waals surface area (Å²) in [6.45, 7) is -0.268. The number of hydrogen-bond acceptors (Lipinski definition) is 8. The third-order valence-corrected chi connectivity index (χ3v) is 5.47. The van der Waals surface area contributed by atoms with E-state index in [0.717, 1.165) is 5.56 Å². The summed E-state index contributed by atoms with van der Waals surface area (Å²) in [5.74, 6) is 1.91. The number of fused-ring (bicyclic) bond motifs is 1. The summed E-state index contributed by atoms with van der Waals surface area (Å²) < 4.78 is 32.4. The van der Waals surface area contributed by atoms with E-state index in [1.807, 2.05) is 0 Å². The topological polar surface area (TPSA) is 105 Å². The molecule has 36 heavy (non-hydrogen) atoms. The molecule has 0 aliphatic rings. The maximum atomic E-state index is 13.0. The Labute approximate surface area is 207 Å². The number of amides is 1. The summed E-state index contributed by atoms with van der Waals surface area (Å²) in [6, 6.07) is 15.2. The molecule has 0 spiro atoms. The number of nitrogens with one attached hydrogen (secondary N) is 1. The van der Waals surface area contributed by atoms with Gasteiger partial charge in [0.1, 0.15) is 23.3 Å². The van der Waals surface area contributed by atoms with Gasteiger partial charge in [-0.3, -0.25) is 9.59 Å². The fraction of sp³-hybridized carbons (Fsp3) is 0.185. The molecular weight excluding hydrogens is 466 g/mol. The Kier molecular flexibility index (Phi) is 7.29. The van der Waals surface area contributed by atoms with Crippen LogP contribution in [0.3, 0.4) is 0 Å². The quantitative estimate of drug-likeness (QED) is 0.365. The van der Waals surface area contributed by atoms with Crippen LogP contribution in [0.2, 0.25) is 0 Å². The maximum absolute atomic E-state index is 13.0. The first-order chi connectivity index (χ1) is 17.5. The Morgan fingerprint density at radius 1 is 0.833 bits per heavy atom. The lowest BCUT2D eigenvalue weighted by Crippen LogP contribution is -2.20. The van der Waals surface area contributed by atoms with Gasteiger partial charge in [0.05, 0.1) is 39.4 Å². The molecule has 3 aromatic carbocycles. The van der Waals surface area contributed by atoms with E-state index in [0.29, 0.717) is 51.0 Å². The number of rotatable bonds is 9. The number of ether oxygens (including phenoxy) is 5. The fourth-order valence-electron chi connectivity index (χ4n) is 3.67. The van der Waals surface area contributed by atoms with Crippen LogP contribution in [0.1, 0.15) is 0 Å². The van der Waals surface area contributed by atoms with Gasteiger partial charge in [-0.1, -0.05) is 12.1 Å². The van der Waals surface area contributed by atoms with E-state index in [4.69, 9.17) is 28.1 Å². The summed E-state index contributed by atoms with van der Waals surface area (Å²) in [6.07, 6.45) is 1.41. The lowest BCUT2D eigenvalue weighted by molar-refractivity contribution is -0.118. The number of benzene rings is 3. The molecule has 186 valence electrons. The van der Waals surface area contributed by atoms with Crippen LogP contribution < -0.4 is 34.4 Å². The highest BCUT2D eigenvalue weighted by Crippen LogP contribution is 2.39. The van der Waals surface area contributed by atoms with Crippen LogP contribution in [0, 0.1) is 0 Å². The second-order valence-corrected chi connectivity index (χ2v) is 7.62. The lowest BCUT2D eigenvalue weighted by Gasteiger charge is -2.14. The first kappa shape index (κ1) is 24.5. The molecule has 4 aromatic rings. The molecule has 1 aromatic heterocycles. The average Bonchev–Trinajstić information content (AvgIpc) is 2.91. The smallest absolute Gasteiger partial charge is 0.262 e. The summed E-state index contributed by atoms with van der Waals surface area (Å²) in [7, 11) is 6.06. The van der Waals surface area contributed by atoms with Gasteiger partial charge in [-0.05, 0) is 29.8 Å². The van der Waals surface area contributed by atoms with Crippen molar-refractivity contribution in [3.05, 3.63) is 71.1 Å². The third kappa shape index (κ3) is 5.05. The summed E-state index contributed by atoms with van der Waals surface area (Å²) in [5.41, 5.74) is 1.78. The van der Waals surface area contributed by atoms with Crippen molar-refractivity contribution < 1.29 is 32.9 Å². The zero-order valence-corrected chi connectivity index (χ0v) is 20.2. The Hall–Kier alpha value is -4.66. The zero-order valence-electron chi connectivity index (χ0n) is 20.2. The molecule has 0 bridgehead atoms. The Morgan fingerprint density at radius 2 is 1.50 bits per heavy atom. The minimum atomic E-state index is -0.402. The van der Waals surface area contributed by atoms with Crippen LogP contribution in [0.5, 0.6) is 28.7 Å². The molecule has 0 saturated heterocycles. The van der Waals surface area contributed by atoms with Gasteiger partial charge >= 0.3 is 0 Å².